The molecule has 0 heterocycles. The second-order valence-corrected chi connectivity index (χ2v) is 5.61. The minimum atomic E-state index is 0.602. The van der Waals surface area contributed by atoms with E-state index in [9.17, 15) is 4.79 Å². The van der Waals surface area contributed by atoms with Crippen LogP contribution in [0.1, 0.15) is 16.7 Å². The summed E-state index contributed by atoms with van der Waals surface area (Å²) in [4.78, 5) is 13.1. The summed E-state index contributed by atoms with van der Waals surface area (Å²) < 4.78 is 0. The van der Waals surface area contributed by atoms with Crippen molar-refractivity contribution >= 4 is 11.5 Å². The summed E-state index contributed by atoms with van der Waals surface area (Å²) in [7, 11) is 3.89. The molecule has 2 rings (SSSR count). The topological polar surface area (TPSA) is 32.3 Å². The van der Waals surface area contributed by atoms with Crippen molar-refractivity contribution in [2.24, 2.45) is 0 Å². The van der Waals surface area contributed by atoms with Crippen LogP contribution in [0.3, 0.4) is 0 Å². The monoisotopic (exact) mass is 294 g/mol. The summed E-state index contributed by atoms with van der Waals surface area (Å²) in [6.45, 7) is 2.21. The first-order valence-electron chi connectivity index (χ1n) is 7.41. The zero-order valence-electron chi connectivity index (χ0n) is 13.2. The lowest BCUT2D eigenvalue weighted by Gasteiger charge is -2.12. The van der Waals surface area contributed by atoms with Crippen molar-refractivity contribution in [1.29, 1.82) is 0 Å². The van der Waals surface area contributed by atoms with Crippen LogP contribution in [0.4, 0.5) is 0 Å². The first kappa shape index (κ1) is 16.2. The third kappa shape index (κ3) is 4.97. The quantitative estimate of drug-likeness (QED) is 0.797. The number of nitrogens with zero attached hydrogens (tertiary/aromatic N) is 1. The standard InChI is InChI=1S/C19H22N2O/c1-21(2)14-19(15-22)18-10-6-9-17(11-18)13-20-12-16-7-4-3-5-8-16/h3-11,20H,12-14H2,1-2H3. The third-order valence-corrected chi connectivity index (χ3v) is 3.37. The fraction of sp³-hybridized carbons (Fsp3) is 0.263. The summed E-state index contributed by atoms with van der Waals surface area (Å²) >= 11 is 0. The van der Waals surface area contributed by atoms with Crippen LogP contribution in [0.15, 0.2) is 54.6 Å². The van der Waals surface area contributed by atoms with Crippen molar-refractivity contribution in [3.05, 3.63) is 71.3 Å². The van der Waals surface area contributed by atoms with Crippen LogP contribution in [0.25, 0.3) is 5.57 Å². The average molecular weight is 294 g/mol. The Labute approximate surface area is 132 Å². The van der Waals surface area contributed by atoms with Crippen molar-refractivity contribution in [3.63, 3.8) is 0 Å². The van der Waals surface area contributed by atoms with Crippen molar-refractivity contribution in [2.45, 2.75) is 13.1 Å². The summed E-state index contributed by atoms with van der Waals surface area (Å²) in [6.07, 6.45) is 0. The Morgan fingerprint density at radius 2 is 1.68 bits per heavy atom. The number of rotatable bonds is 7. The maximum Gasteiger partial charge on any atom is 0.129 e. The van der Waals surface area contributed by atoms with Gasteiger partial charge in [-0.25, -0.2) is 4.79 Å². The van der Waals surface area contributed by atoms with Gasteiger partial charge in [-0.05, 0) is 36.9 Å². The highest BCUT2D eigenvalue weighted by Crippen LogP contribution is 2.14. The zero-order valence-corrected chi connectivity index (χ0v) is 13.2. The maximum atomic E-state index is 11.1. The first-order chi connectivity index (χ1) is 10.7. The number of hydrogen-bond acceptors (Lipinski definition) is 3. The van der Waals surface area contributed by atoms with Gasteiger partial charge in [-0.15, -0.1) is 0 Å². The normalized spacial score (nSPS) is 10.5. The van der Waals surface area contributed by atoms with Gasteiger partial charge < -0.3 is 10.2 Å². The van der Waals surface area contributed by atoms with Crippen LogP contribution in [0, 0.1) is 0 Å². The maximum absolute atomic E-state index is 11.1. The number of carbonyl (C=O) groups excluding carboxylic acids is 1. The molecule has 0 aromatic heterocycles. The van der Waals surface area contributed by atoms with Crippen LogP contribution in [0.2, 0.25) is 0 Å². The molecule has 3 heteroatoms. The number of nitrogens with one attached hydrogen (secondary N) is 1. The van der Waals surface area contributed by atoms with Gasteiger partial charge in [0.25, 0.3) is 0 Å². The molecular formula is C19H22N2O. The molecule has 2 aromatic rings. The summed E-state index contributed by atoms with van der Waals surface area (Å²) in [5.41, 5.74) is 4.07. The largest absolute Gasteiger partial charge is 0.309 e. The Hall–Kier alpha value is -2.19. The van der Waals surface area contributed by atoms with Gasteiger partial charge in [0.1, 0.15) is 5.94 Å². The molecule has 0 saturated carbocycles. The predicted octanol–water partition coefficient (Wildman–Crippen LogP) is 2.75. The molecule has 3 nitrogen and oxygen atoms in total. The van der Waals surface area contributed by atoms with Crippen molar-refractivity contribution in [3.8, 4) is 0 Å². The smallest absolute Gasteiger partial charge is 0.129 e. The number of hydrogen-bond donors (Lipinski definition) is 1. The van der Waals surface area contributed by atoms with Gasteiger partial charge in [0.15, 0.2) is 0 Å². The molecule has 114 valence electrons. The number of benzene rings is 2. The molecular weight excluding hydrogens is 272 g/mol. The SMILES string of the molecule is CN(C)CC(=C=O)c1cccc(CNCc2ccccc2)c1. The van der Waals surface area contributed by atoms with Gasteiger partial charge in [0, 0.05) is 19.6 Å². The Balaban J connectivity index is 1.98. The van der Waals surface area contributed by atoms with E-state index in [0.29, 0.717) is 12.1 Å². The highest BCUT2D eigenvalue weighted by Gasteiger charge is 2.05. The van der Waals surface area contributed by atoms with E-state index in [1.165, 1.54) is 11.1 Å². The molecule has 0 amide bonds. The van der Waals surface area contributed by atoms with E-state index < -0.39 is 0 Å². The van der Waals surface area contributed by atoms with E-state index in [2.05, 4.69) is 35.5 Å². The Morgan fingerprint density at radius 3 is 2.36 bits per heavy atom. The van der Waals surface area contributed by atoms with Crippen molar-refractivity contribution in [1.82, 2.24) is 10.2 Å². The minimum Gasteiger partial charge on any atom is -0.309 e. The summed E-state index contributed by atoms with van der Waals surface area (Å²) in [6, 6.07) is 18.4. The van der Waals surface area contributed by atoms with E-state index >= 15 is 0 Å². The van der Waals surface area contributed by atoms with Crippen LogP contribution < -0.4 is 5.32 Å². The fourth-order valence-electron chi connectivity index (χ4n) is 2.31. The molecule has 0 unspecified atom stereocenters. The number of likely N-dealkylation sites (N-methyl/N-ethyl adjacent to an activating group) is 1. The van der Waals surface area contributed by atoms with Crippen LogP contribution in [-0.2, 0) is 17.9 Å². The molecule has 0 aliphatic carbocycles. The second kappa shape index (κ2) is 8.30. The van der Waals surface area contributed by atoms with E-state index in [4.69, 9.17) is 0 Å². The van der Waals surface area contributed by atoms with Gasteiger partial charge >= 0.3 is 0 Å². The molecule has 22 heavy (non-hydrogen) atoms. The molecule has 0 saturated heterocycles. The van der Waals surface area contributed by atoms with E-state index in [0.717, 1.165) is 18.7 Å². The zero-order chi connectivity index (χ0) is 15.8. The summed E-state index contributed by atoms with van der Waals surface area (Å²) in [5, 5.41) is 3.42. The Kier molecular flexibility index (Phi) is 6.11. The fourth-order valence-corrected chi connectivity index (χ4v) is 2.31. The van der Waals surface area contributed by atoms with Gasteiger partial charge in [0.2, 0.25) is 0 Å². The summed E-state index contributed by atoms with van der Waals surface area (Å²) in [5.74, 6) is 2.06. The molecule has 0 aliphatic heterocycles. The highest BCUT2D eigenvalue weighted by atomic mass is 16.1. The molecule has 0 atom stereocenters. The molecule has 2 aromatic carbocycles. The molecule has 0 radical (unpaired) electrons. The van der Waals surface area contributed by atoms with Crippen LogP contribution >= 0.6 is 0 Å². The molecule has 0 aliphatic rings. The van der Waals surface area contributed by atoms with E-state index in [1.807, 2.05) is 49.3 Å². The molecule has 1 N–H and O–H groups in total. The predicted molar refractivity (Wildman–Crippen MR) is 91.1 cm³/mol. The van der Waals surface area contributed by atoms with Crippen molar-refractivity contribution < 1.29 is 4.79 Å². The van der Waals surface area contributed by atoms with Gasteiger partial charge in [-0.3, -0.25) is 0 Å². The molecule has 0 bridgehead atoms. The van der Waals surface area contributed by atoms with E-state index in [-0.39, 0.29) is 0 Å². The van der Waals surface area contributed by atoms with E-state index in [1.54, 1.807) is 0 Å². The van der Waals surface area contributed by atoms with Crippen molar-refractivity contribution in [2.75, 3.05) is 20.6 Å². The van der Waals surface area contributed by atoms with Gasteiger partial charge in [0.05, 0.1) is 5.57 Å². The molecule has 0 spiro atoms. The third-order valence-electron chi connectivity index (χ3n) is 3.37. The van der Waals surface area contributed by atoms with Gasteiger partial charge in [-0.2, -0.15) is 0 Å². The first-order valence-corrected chi connectivity index (χ1v) is 7.41. The lowest BCUT2D eigenvalue weighted by molar-refractivity contribution is 0.462. The average Bonchev–Trinajstić information content (AvgIpc) is 2.54. The second-order valence-electron chi connectivity index (χ2n) is 5.61. The minimum absolute atomic E-state index is 0.602. The Morgan fingerprint density at radius 1 is 1.00 bits per heavy atom. The Bertz CT molecular complexity index is 643. The highest BCUT2D eigenvalue weighted by molar-refractivity contribution is 5.88. The van der Waals surface area contributed by atoms with Crippen LogP contribution in [0.5, 0.6) is 0 Å². The molecule has 0 fully saturated rings. The lowest BCUT2D eigenvalue weighted by atomic mass is 10.0. The van der Waals surface area contributed by atoms with Gasteiger partial charge in [-0.1, -0.05) is 48.5 Å². The van der Waals surface area contributed by atoms with Crippen LogP contribution in [-0.4, -0.2) is 31.5 Å². The lowest BCUT2D eigenvalue weighted by Crippen LogP contribution is -2.15.